The maximum Gasteiger partial charge on any atom is 0.255 e. The Hall–Kier alpha value is -1.64. The van der Waals surface area contributed by atoms with Crippen LogP contribution in [-0.2, 0) is 10.0 Å². The Bertz CT molecular complexity index is 798. The van der Waals surface area contributed by atoms with Gasteiger partial charge < -0.3 is 15.0 Å². The van der Waals surface area contributed by atoms with Crippen molar-refractivity contribution in [2.75, 3.05) is 46.4 Å². The maximum atomic E-state index is 12.8. The Morgan fingerprint density at radius 2 is 1.86 bits per heavy atom. The second-order valence-corrected chi connectivity index (χ2v) is 10.0. The molecule has 0 atom stereocenters. The third-order valence-corrected chi connectivity index (χ3v) is 7.83. The number of hydrogen-bond acceptors (Lipinski definition) is 5. The minimum atomic E-state index is -3.57. The number of benzene rings is 1. The quantitative estimate of drug-likeness (QED) is 0.649. The summed E-state index contributed by atoms with van der Waals surface area (Å²) >= 11 is 0. The summed E-state index contributed by atoms with van der Waals surface area (Å²) in [5.74, 6) is 0.892. The number of methoxy groups -OCH3 is 1. The molecule has 0 aliphatic carbocycles. The highest BCUT2D eigenvalue weighted by molar-refractivity contribution is 7.89. The fraction of sp³-hybridized carbons (Fsp3) is 0.667. The summed E-state index contributed by atoms with van der Waals surface area (Å²) in [7, 11) is -2.09. The van der Waals surface area contributed by atoms with Gasteiger partial charge in [-0.3, -0.25) is 4.79 Å². The zero-order chi connectivity index (χ0) is 20.9. The number of piperidine rings is 1. The second-order valence-electron chi connectivity index (χ2n) is 8.11. The van der Waals surface area contributed by atoms with Crippen LogP contribution in [0, 0.1) is 5.92 Å². The highest BCUT2D eigenvalue weighted by Crippen LogP contribution is 2.26. The van der Waals surface area contributed by atoms with Crippen LogP contribution >= 0.6 is 0 Å². The third-order valence-electron chi connectivity index (χ3n) is 5.93. The highest BCUT2D eigenvalue weighted by Gasteiger charge is 2.28. The average Bonchev–Trinajstić information content (AvgIpc) is 3.27. The van der Waals surface area contributed by atoms with Crippen molar-refractivity contribution in [1.82, 2.24) is 14.5 Å². The second kappa shape index (κ2) is 9.91. The standard InChI is InChI=1S/C21H33N3O4S/c1-17-8-14-23(15-9-17)11-5-10-22-21(25)19-16-18(6-7-20(19)28-2)29(26,27)24-12-3-4-13-24/h6-7,16-17H,3-5,8-15H2,1-2H3,(H,22,25). The molecule has 1 aromatic rings. The number of likely N-dealkylation sites (tertiary alicyclic amines) is 1. The number of nitrogens with one attached hydrogen (secondary N) is 1. The predicted molar refractivity (Wildman–Crippen MR) is 113 cm³/mol. The molecule has 0 saturated carbocycles. The molecule has 0 bridgehead atoms. The van der Waals surface area contributed by atoms with Crippen LogP contribution in [0.2, 0.25) is 0 Å². The molecule has 2 fully saturated rings. The Morgan fingerprint density at radius 3 is 2.52 bits per heavy atom. The summed E-state index contributed by atoms with van der Waals surface area (Å²) < 4.78 is 32.4. The SMILES string of the molecule is COc1ccc(S(=O)(=O)N2CCCC2)cc1C(=O)NCCCN1CCC(C)CC1. The van der Waals surface area contributed by atoms with Gasteiger partial charge in [-0.1, -0.05) is 6.92 Å². The van der Waals surface area contributed by atoms with Gasteiger partial charge in [-0.2, -0.15) is 4.31 Å². The van der Waals surface area contributed by atoms with E-state index in [2.05, 4.69) is 17.1 Å². The molecule has 0 aromatic heterocycles. The Labute approximate surface area is 174 Å². The Balaban J connectivity index is 1.60. The normalized spacial score (nSPS) is 19.4. The number of amides is 1. The van der Waals surface area contributed by atoms with Crippen LogP contribution in [0.1, 0.15) is 49.4 Å². The number of sulfonamides is 1. The highest BCUT2D eigenvalue weighted by atomic mass is 32.2. The molecule has 2 aliphatic rings. The lowest BCUT2D eigenvalue weighted by Crippen LogP contribution is -2.35. The Morgan fingerprint density at radius 1 is 1.17 bits per heavy atom. The summed E-state index contributed by atoms with van der Waals surface area (Å²) in [6, 6.07) is 4.52. The van der Waals surface area contributed by atoms with Gasteiger partial charge in [0.15, 0.2) is 0 Å². The van der Waals surface area contributed by atoms with E-state index in [-0.39, 0.29) is 16.4 Å². The van der Waals surface area contributed by atoms with Crippen LogP contribution in [0.5, 0.6) is 5.75 Å². The number of hydrogen-bond donors (Lipinski definition) is 1. The summed E-state index contributed by atoms with van der Waals surface area (Å²) in [6.45, 7) is 7.13. The average molecular weight is 424 g/mol. The van der Waals surface area contributed by atoms with Crippen LogP contribution in [-0.4, -0.2) is 69.9 Å². The van der Waals surface area contributed by atoms with Crippen molar-refractivity contribution in [3.63, 3.8) is 0 Å². The van der Waals surface area contributed by atoms with Crippen molar-refractivity contribution in [3.8, 4) is 5.75 Å². The van der Waals surface area contributed by atoms with E-state index in [9.17, 15) is 13.2 Å². The van der Waals surface area contributed by atoms with Gasteiger partial charge in [0.05, 0.1) is 17.6 Å². The van der Waals surface area contributed by atoms with Gasteiger partial charge in [0, 0.05) is 19.6 Å². The molecule has 2 saturated heterocycles. The van der Waals surface area contributed by atoms with E-state index in [1.54, 1.807) is 6.07 Å². The van der Waals surface area contributed by atoms with Gasteiger partial charge in [0.25, 0.3) is 5.91 Å². The molecular formula is C21H33N3O4S. The van der Waals surface area contributed by atoms with E-state index in [1.165, 1.54) is 36.4 Å². The number of nitrogens with zero attached hydrogens (tertiary/aromatic N) is 2. The topological polar surface area (TPSA) is 79.0 Å². The fourth-order valence-corrected chi connectivity index (χ4v) is 5.53. The van der Waals surface area contributed by atoms with Crippen molar-refractivity contribution in [2.45, 2.75) is 43.9 Å². The van der Waals surface area contributed by atoms with Crippen molar-refractivity contribution in [2.24, 2.45) is 5.92 Å². The van der Waals surface area contributed by atoms with Gasteiger partial charge >= 0.3 is 0 Å². The van der Waals surface area contributed by atoms with Gasteiger partial charge in [-0.15, -0.1) is 0 Å². The van der Waals surface area contributed by atoms with Gasteiger partial charge in [0.2, 0.25) is 10.0 Å². The Kier molecular flexibility index (Phi) is 7.54. The first kappa shape index (κ1) is 22.1. The first-order valence-corrected chi connectivity index (χ1v) is 12.0. The smallest absolute Gasteiger partial charge is 0.255 e. The van der Waals surface area contributed by atoms with Crippen LogP contribution in [0.15, 0.2) is 23.1 Å². The molecule has 29 heavy (non-hydrogen) atoms. The van der Waals surface area contributed by atoms with Gasteiger partial charge in [-0.05, 0) is 75.9 Å². The largest absolute Gasteiger partial charge is 0.496 e. The van der Waals surface area contributed by atoms with E-state index in [0.717, 1.165) is 44.8 Å². The monoisotopic (exact) mass is 423 g/mol. The van der Waals surface area contributed by atoms with E-state index < -0.39 is 10.0 Å². The van der Waals surface area contributed by atoms with E-state index >= 15 is 0 Å². The first-order valence-electron chi connectivity index (χ1n) is 10.6. The molecule has 2 aliphatic heterocycles. The molecule has 2 heterocycles. The molecule has 1 amide bonds. The molecule has 3 rings (SSSR count). The molecule has 8 heteroatoms. The van der Waals surface area contributed by atoms with Crippen molar-refractivity contribution >= 4 is 15.9 Å². The number of rotatable bonds is 8. The maximum absolute atomic E-state index is 12.8. The van der Waals surface area contributed by atoms with Crippen LogP contribution < -0.4 is 10.1 Å². The van der Waals surface area contributed by atoms with E-state index in [1.807, 2.05) is 0 Å². The molecular weight excluding hydrogens is 390 g/mol. The fourth-order valence-electron chi connectivity index (χ4n) is 3.99. The third kappa shape index (κ3) is 5.49. The number of carbonyl (C=O) groups is 1. The van der Waals surface area contributed by atoms with Crippen LogP contribution in [0.4, 0.5) is 0 Å². The van der Waals surface area contributed by atoms with Crippen molar-refractivity contribution in [3.05, 3.63) is 23.8 Å². The van der Waals surface area contributed by atoms with Crippen LogP contribution in [0.3, 0.4) is 0 Å². The molecule has 7 nitrogen and oxygen atoms in total. The number of ether oxygens (including phenoxy) is 1. The van der Waals surface area contributed by atoms with Crippen molar-refractivity contribution < 1.29 is 17.9 Å². The van der Waals surface area contributed by atoms with E-state index in [0.29, 0.717) is 25.4 Å². The molecule has 1 N–H and O–H groups in total. The lowest BCUT2D eigenvalue weighted by molar-refractivity contribution is 0.0947. The van der Waals surface area contributed by atoms with Crippen molar-refractivity contribution in [1.29, 1.82) is 0 Å². The number of carbonyl (C=O) groups excluding carboxylic acids is 1. The summed E-state index contributed by atoms with van der Waals surface area (Å²) in [4.78, 5) is 15.3. The first-order chi connectivity index (χ1) is 13.9. The van der Waals surface area contributed by atoms with Crippen LogP contribution in [0.25, 0.3) is 0 Å². The molecule has 0 radical (unpaired) electrons. The predicted octanol–water partition coefficient (Wildman–Crippen LogP) is 2.33. The molecule has 0 spiro atoms. The van der Waals surface area contributed by atoms with E-state index in [4.69, 9.17) is 4.74 Å². The minimum Gasteiger partial charge on any atom is -0.496 e. The van der Waals surface area contributed by atoms with Gasteiger partial charge in [0.1, 0.15) is 5.75 Å². The summed E-state index contributed by atoms with van der Waals surface area (Å²) in [5, 5.41) is 2.92. The lowest BCUT2D eigenvalue weighted by Gasteiger charge is -2.30. The zero-order valence-electron chi connectivity index (χ0n) is 17.5. The molecule has 162 valence electrons. The molecule has 1 aromatic carbocycles. The lowest BCUT2D eigenvalue weighted by atomic mass is 9.99. The minimum absolute atomic E-state index is 0.146. The van der Waals surface area contributed by atoms with Gasteiger partial charge in [-0.25, -0.2) is 8.42 Å². The summed E-state index contributed by atoms with van der Waals surface area (Å²) in [6.07, 6.45) is 5.09. The molecule has 0 unspecified atom stereocenters. The summed E-state index contributed by atoms with van der Waals surface area (Å²) in [5.41, 5.74) is 0.263. The zero-order valence-corrected chi connectivity index (χ0v) is 18.3.